The molecule has 2 aromatic heterocycles. The summed E-state index contributed by atoms with van der Waals surface area (Å²) in [7, 11) is 0. The smallest absolute Gasteiger partial charge is 0.418 e. The molecular formula is C22H15ClF3N3O2S. The van der Waals surface area contributed by atoms with E-state index in [-0.39, 0.29) is 10.9 Å². The fraction of sp³-hybridized carbons (Fsp3) is 0.136. The van der Waals surface area contributed by atoms with Gasteiger partial charge in [-0.1, -0.05) is 47.5 Å². The van der Waals surface area contributed by atoms with Gasteiger partial charge < -0.3 is 10.1 Å². The van der Waals surface area contributed by atoms with E-state index < -0.39 is 29.9 Å². The van der Waals surface area contributed by atoms with Crippen molar-refractivity contribution in [3.63, 3.8) is 0 Å². The molecule has 0 fully saturated rings. The van der Waals surface area contributed by atoms with Crippen LogP contribution in [0.5, 0.6) is 5.88 Å². The van der Waals surface area contributed by atoms with E-state index in [9.17, 15) is 18.0 Å². The number of carbonyl (C=O) groups is 1. The molecule has 0 aliphatic heterocycles. The molecule has 0 spiro atoms. The van der Waals surface area contributed by atoms with E-state index in [0.29, 0.717) is 10.2 Å². The molecule has 164 valence electrons. The molecule has 2 aromatic carbocycles. The zero-order valence-corrected chi connectivity index (χ0v) is 18.1. The monoisotopic (exact) mass is 477 g/mol. The van der Waals surface area contributed by atoms with E-state index in [2.05, 4.69) is 15.3 Å². The van der Waals surface area contributed by atoms with Gasteiger partial charge in [0.15, 0.2) is 6.61 Å². The lowest BCUT2D eigenvalue weighted by atomic mass is 10.0. The molecule has 1 amide bonds. The second kappa shape index (κ2) is 8.76. The van der Waals surface area contributed by atoms with Crippen molar-refractivity contribution in [1.29, 1.82) is 0 Å². The maximum absolute atomic E-state index is 13.2. The number of amides is 1. The summed E-state index contributed by atoms with van der Waals surface area (Å²) in [5.74, 6) is -0.639. The first-order chi connectivity index (χ1) is 15.2. The largest absolute Gasteiger partial charge is 0.467 e. The number of halogens is 4. The van der Waals surface area contributed by atoms with Gasteiger partial charge in [0.2, 0.25) is 5.88 Å². The van der Waals surface area contributed by atoms with Crippen molar-refractivity contribution in [2.75, 3.05) is 11.9 Å². The van der Waals surface area contributed by atoms with Crippen LogP contribution in [0, 0.1) is 6.92 Å². The lowest BCUT2D eigenvalue weighted by Crippen LogP contribution is -2.23. The van der Waals surface area contributed by atoms with Crippen LogP contribution in [0.1, 0.15) is 11.1 Å². The number of nitrogens with one attached hydrogen (secondary N) is 1. The summed E-state index contributed by atoms with van der Waals surface area (Å²) in [6, 6.07) is 11.1. The van der Waals surface area contributed by atoms with Crippen LogP contribution in [-0.2, 0) is 11.0 Å². The molecule has 4 aromatic rings. The zero-order chi connectivity index (χ0) is 22.9. The van der Waals surface area contributed by atoms with Crippen molar-refractivity contribution in [2.45, 2.75) is 13.1 Å². The number of ether oxygens (including phenoxy) is 1. The number of alkyl halides is 3. The van der Waals surface area contributed by atoms with Crippen LogP contribution >= 0.6 is 22.9 Å². The van der Waals surface area contributed by atoms with Crippen molar-refractivity contribution >= 4 is 44.7 Å². The predicted molar refractivity (Wildman–Crippen MR) is 118 cm³/mol. The van der Waals surface area contributed by atoms with Crippen LogP contribution in [0.4, 0.5) is 18.9 Å². The third kappa shape index (κ3) is 4.53. The Balaban J connectivity index is 1.58. The van der Waals surface area contributed by atoms with Crippen LogP contribution in [0.25, 0.3) is 21.3 Å². The molecule has 0 saturated carbocycles. The lowest BCUT2D eigenvalue weighted by molar-refractivity contribution is -0.137. The quantitative estimate of drug-likeness (QED) is 0.363. The van der Waals surface area contributed by atoms with Gasteiger partial charge in [-0.05, 0) is 24.6 Å². The number of hydrogen-bond donors (Lipinski definition) is 1. The van der Waals surface area contributed by atoms with Crippen molar-refractivity contribution < 1.29 is 22.7 Å². The third-order valence-corrected chi connectivity index (χ3v) is 5.82. The number of fused-ring (bicyclic) bond motifs is 1. The number of benzene rings is 2. The summed E-state index contributed by atoms with van der Waals surface area (Å²) in [6.07, 6.45) is -3.37. The molecule has 2 heterocycles. The Labute approximate surface area is 189 Å². The summed E-state index contributed by atoms with van der Waals surface area (Å²) in [5, 5.41) is 4.51. The van der Waals surface area contributed by atoms with Crippen LogP contribution in [-0.4, -0.2) is 22.5 Å². The van der Waals surface area contributed by atoms with Gasteiger partial charge in [0.25, 0.3) is 5.91 Å². The molecule has 0 saturated heterocycles. The molecular weight excluding hydrogens is 463 g/mol. The second-order valence-electron chi connectivity index (χ2n) is 6.87. The second-order valence-corrected chi connectivity index (χ2v) is 8.14. The molecule has 0 unspecified atom stereocenters. The van der Waals surface area contributed by atoms with Crippen molar-refractivity contribution in [3.8, 4) is 17.0 Å². The minimum atomic E-state index is -4.67. The normalized spacial score (nSPS) is 11.5. The van der Waals surface area contributed by atoms with Crippen LogP contribution < -0.4 is 10.1 Å². The molecule has 1 N–H and O–H groups in total. The maximum Gasteiger partial charge on any atom is 0.418 e. The highest BCUT2D eigenvalue weighted by molar-refractivity contribution is 7.17. The number of nitrogens with zero attached hydrogens (tertiary/aromatic N) is 2. The fourth-order valence-corrected chi connectivity index (χ4v) is 4.23. The molecule has 32 heavy (non-hydrogen) atoms. The molecule has 5 nitrogen and oxygen atoms in total. The van der Waals surface area contributed by atoms with Crippen LogP contribution in [0.2, 0.25) is 5.02 Å². The van der Waals surface area contributed by atoms with Crippen molar-refractivity contribution in [1.82, 2.24) is 9.97 Å². The molecule has 0 radical (unpaired) electrons. The van der Waals surface area contributed by atoms with E-state index in [1.54, 1.807) is 0 Å². The first-order valence-electron chi connectivity index (χ1n) is 9.31. The zero-order valence-electron chi connectivity index (χ0n) is 16.5. The Bertz CT molecular complexity index is 1290. The number of para-hydroxylation sites is 1. The minimum absolute atomic E-state index is 0.164. The molecule has 10 heteroatoms. The molecule has 0 aliphatic rings. The minimum Gasteiger partial charge on any atom is -0.467 e. The van der Waals surface area contributed by atoms with Crippen LogP contribution in [0.3, 0.4) is 0 Å². The number of aryl methyl sites for hydroxylation is 1. The Kier molecular flexibility index (Phi) is 6.03. The fourth-order valence-electron chi connectivity index (χ4n) is 3.10. The summed E-state index contributed by atoms with van der Waals surface area (Å²) in [4.78, 5) is 21.4. The highest BCUT2D eigenvalue weighted by Crippen LogP contribution is 2.39. The van der Waals surface area contributed by atoms with Gasteiger partial charge in [0.1, 0.15) is 11.2 Å². The molecule has 0 atom stereocenters. The van der Waals surface area contributed by atoms with Gasteiger partial charge in [-0.3, -0.25) is 4.79 Å². The molecule has 4 rings (SSSR count). The average Bonchev–Trinajstić information content (AvgIpc) is 3.18. The van der Waals surface area contributed by atoms with E-state index in [1.807, 2.05) is 36.6 Å². The standard InChI is InChI=1S/C22H15ClF3N3O2S/c1-12-5-7-13(8-6-12)14-10-32-21-18(14)20(27-11-28-21)31-9-17(30)29-19-15(22(24,25)26)3-2-4-16(19)23/h2-8,10-11H,9H2,1H3,(H,29,30). The Hall–Kier alpha value is -3.17. The Morgan fingerprint density at radius 1 is 1.16 bits per heavy atom. The Morgan fingerprint density at radius 3 is 2.62 bits per heavy atom. The van der Waals surface area contributed by atoms with E-state index >= 15 is 0 Å². The summed E-state index contributed by atoms with van der Waals surface area (Å²) >= 11 is 7.28. The van der Waals surface area contributed by atoms with E-state index in [1.165, 1.54) is 23.7 Å². The third-order valence-electron chi connectivity index (χ3n) is 4.62. The van der Waals surface area contributed by atoms with Gasteiger partial charge in [0, 0.05) is 10.9 Å². The molecule has 0 bridgehead atoms. The van der Waals surface area contributed by atoms with Gasteiger partial charge in [0.05, 0.1) is 21.7 Å². The first kappa shape index (κ1) is 22.0. The Morgan fingerprint density at radius 2 is 1.91 bits per heavy atom. The van der Waals surface area contributed by atoms with Crippen LogP contribution in [0.15, 0.2) is 54.2 Å². The lowest BCUT2D eigenvalue weighted by Gasteiger charge is -2.15. The van der Waals surface area contributed by atoms with E-state index in [4.69, 9.17) is 16.3 Å². The highest BCUT2D eigenvalue weighted by Gasteiger charge is 2.34. The van der Waals surface area contributed by atoms with Crippen molar-refractivity contribution in [3.05, 3.63) is 70.3 Å². The maximum atomic E-state index is 13.2. The van der Waals surface area contributed by atoms with Gasteiger partial charge in [-0.15, -0.1) is 11.3 Å². The summed E-state index contributed by atoms with van der Waals surface area (Å²) in [5.41, 5.74) is 1.32. The summed E-state index contributed by atoms with van der Waals surface area (Å²) < 4.78 is 45.3. The number of aromatic nitrogens is 2. The first-order valence-corrected chi connectivity index (χ1v) is 10.6. The molecule has 0 aliphatic carbocycles. The van der Waals surface area contributed by atoms with Gasteiger partial charge in [-0.25, -0.2) is 9.97 Å². The summed E-state index contributed by atoms with van der Waals surface area (Å²) in [6.45, 7) is 1.42. The average molecular weight is 478 g/mol. The topological polar surface area (TPSA) is 64.1 Å². The number of rotatable bonds is 5. The number of carbonyl (C=O) groups excluding carboxylic acids is 1. The SMILES string of the molecule is Cc1ccc(-c2csc3ncnc(OCC(=O)Nc4c(Cl)cccc4C(F)(F)F)c23)cc1. The van der Waals surface area contributed by atoms with Crippen molar-refractivity contribution in [2.24, 2.45) is 0 Å². The predicted octanol–water partition coefficient (Wildman–Crippen LogP) is 6.36. The van der Waals surface area contributed by atoms with Gasteiger partial charge in [-0.2, -0.15) is 13.2 Å². The number of hydrogen-bond acceptors (Lipinski definition) is 5. The number of anilines is 1. The highest BCUT2D eigenvalue weighted by atomic mass is 35.5. The van der Waals surface area contributed by atoms with E-state index in [0.717, 1.165) is 28.8 Å². The van der Waals surface area contributed by atoms with Gasteiger partial charge >= 0.3 is 6.18 Å². The number of thiophene rings is 1.